The number of nitrogens with one attached hydrogen (secondary N) is 1. The third kappa shape index (κ3) is 4.00. The summed E-state index contributed by atoms with van der Waals surface area (Å²) < 4.78 is 0. The molecule has 4 N–H and O–H groups in total. The molecule has 0 bridgehead atoms. The van der Waals surface area contributed by atoms with E-state index in [4.69, 9.17) is 10.8 Å². The maximum absolute atomic E-state index is 11.7. The maximum atomic E-state index is 11.7. The highest BCUT2D eigenvalue weighted by molar-refractivity contribution is 5.80. The summed E-state index contributed by atoms with van der Waals surface area (Å²) in [5.74, 6) is -1.65. The second-order valence-electron chi connectivity index (χ2n) is 4.83. The minimum atomic E-state index is -0.808. The first-order valence-electron chi connectivity index (χ1n) is 6.29. The Balaban J connectivity index is 2.63. The van der Waals surface area contributed by atoms with Crippen molar-refractivity contribution >= 4 is 11.9 Å². The van der Waals surface area contributed by atoms with Crippen LogP contribution in [0.1, 0.15) is 39.0 Å². The van der Waals surface area contributed by atoms with Crippen LogP contribution >= 0.6 is 0 Å². The predicted molar refractivity (Wildman–Crippen MR) is 64.4 cm³/mol. The molecule has 98 valence electrons. The third-order valence-electron chi connectivity index (χ3n) is 3.46. The molecule has 5 nitrogen and oxygen atoms in total. The molecule has 0 aromatic heterocycles. The summed E-state index contributed by atoms with van der Waals surface area (Å²) in [6.07, 6.45) is 4.35. The topological polar surface area (TPSA) is 92.4 Å². The number of amides is 1. The Morgan fingerprint density at radius 2 is 2.00 bits per heavy atom. The lowest BCUT2D eigenvalue weighted by Gasteiger charge is -2.24. The Kier molecular flexibility index (Phi) is 5.41. The molecule has 0 spiro atoms. The second-order valence-corrected chi connectivity index (χ2v) is 4.83. The van der Waals surface area contributed by atoms with E-state index in [1.54, 1.807) is 6.92 Å². The van der Waals surface area contributed by atoms with Crippen LogP contribution in [0.15, 0.2) is 0 Å². The lowest BCUT2D eigenvalue weighted by molar-refractivity contribution is -0.143. The van der Waals surface area contributed by atoms with Gasteiger partial charge >= 0.3 is 5.97 Å². The minimum absolute atomic E-state index is 0.134. The molecular formula is C12H22N2O3. The second kappa shape index (κ2) is 6.59. The SMILES string of the molecule is CC(CN)C(=O)NC1CCCCCC1C(=O)O. The summed E-state index contributed by atoms with van der Waals surface area (Å²) in [6.45, 7) is 2.04. The zero-order valence-corrected chi connectivity index (χ0v) is 10.3. The first-order chi connectivity index (χ1) is 8.06. The standard InChI is InChI=1S/C12H22N2O3/c1-8(7-13)11(15)14-10-6-4-2-3-5-9(10)12(16)17/h8-10H,2-7,13H2,1H3,(H,14,15)(H,16,17). The highest BCUT2D eigenvalue weighted by Crippen LogP contribution is 2.24. The molecule has 0 heterocycles. The Bertz CT molecular complexity index is 281. The Hall–Kier alpha value is -1.10. The molecular weight excluding hydrogens is 220 g/mol. The maximum Gasteiger partial charge on any atom is 0.308 e. The average Bonchev–Trinajstić information content (AvgIpc) is 2.53. The van der Waals surface area contributed by atoms with Gasteiger partial charge in [0.1, 0.15) is 0 Å². The first kappa shape index (κ1) is 14.0. The zero-order valence-electron chi connectivity index (χ0n) is 10.3. The van der Waals surface area contributed by atoms with Gasteiger partial charge in [-0.2, -0.15) is 0 Å². The van der Waals surface area contributed by atoms with E-state index >= 15 is 0 Å². The summed E-state index contributed by atoms with van der Waals surface area (Å²) in [5.41, 5.74) is 5.43. The number of carbonyl (C=O) groups is 2. The van der Waals surface area contributed by atoms with Gasteiger partial charge in [0.05, 0.1) is 5.92 Å². The predicted octanol–water partition coefficient (Wildman–Crippen LogP) is 0.731. The molecule has 1 aliphatic rings. The Morgan fingerprint density at radius 1 is 1.35 bits per heavy atom. The zero-order chi connectivity index (χ0) is 12.8. The highest BCUT2D eigenvalue weighted by Gasteiger charge is 2.31. The first-order valence-corrected chi connectivity index (χ1v) is 6.29. The Labute approximate surface area is 102 Å². The Morgan fingerprint density at radius 3 is 2.59 bits per heavy atom. The van der Waals surface area contributed by atoms with Crippen molar-refractivity contribution in [2.24, 2.45) is 17.6 Å². The molecule has 1 fully saturated rings. The van der Waals surface area contributed by atoms with Gasteiger partial charge in [0.15, 0.2) is 0 Å². The van der Waals surface area contributed by atoms with Crippen LogP contribution in [0.3, 0.4) is 0 Å². The molecule has 0 saturated heterocycles. The van der Waals surface area contributed by atoms with Gasteiger partial charge in [-0.25, -0.2) is 0 Å². The number of aliphatic carboxylic acids is 1. The van der Waals surface area contributed by atoms with Crippen LogP contribution in [-0.2, 0) is 9.59 Å². The summed E-state index contributed by atoms with van der Waals surface area (Å²) in [5, 5.41) is 12.0. The van der Waals surface area contributed by atoms with Gasteiger partial charge in [0.2, 0.25) is 5.91 Å². The van der Waals surface area contributed by atoms with E-state index in [1.165, 1.54) is 0 Å². The number of hydrogen-bond acceptors (Lipinski definition) is 3. The molecule has 0 aromatic rings. The van der Waals surface area contributed by atoms with Crippen molar-refractivity contribution in [3.05, 3.63) is 0 Å². The molecule has 1 rings (SSSR count). The minimum Gasteiger partial charge on any atom is -0.481 e. The molecule has 1 aliphatic carbocycles. The fourth-order valence-electron chi connectivity index (χ4n) is 2.21. The fraction of sp³-hybridized carbons (Fsp3) is 0.833. The lowest BCUT2D eigenvalue weighted by atomic mass is 9.94. The summed E-state index contributed by atoms with van der Waals surface area (Å²) in [7, 11) is 0. The van der Waals surface area contributed by atoms with Crippen molar-refractivity contribution in [3.63, 3.8) is 0 Å². The largest absolute Gasteiger partial charge is 0.481 e. The van der Waals surface area contributed by atoms with Crippen LogP contribution in [0.5, 0.6) is 0 Å². The quantitative estimate of drug-likeness (QED) is 0.634. The number of carboxylic acid groups (broad SMARTS) is 1. The van der Waals surface area contributed by atoms with Gasteiger partial charge in [0.25, 0.3) is 0 Å². The molecule has 5 heteroatoms. The van der Waals surface area contributed by atoms with Gasteiger partial charge < -0.3 is 16.2 Å². The van der Waals surface area contributed by atoms with Crippen molar-refractivity contribution in [3.8, 4) is 0 Å². The summed E-state index contributed by atoms with van der Waals surface area (Å²) in [6, 6.07) is -0.239. The molecule has 17 heavy (non-hydrogen) atoms. The highest BCUT2D eigenvalue weighted by atomic mass is 16.4. The normalized spacial score (nSPS) is 26.9. The van der Waals surface area contributed by atoms with E-state index in [-0.39, 0.29) is 24.4 Å². The average molecular weight is 242 g/mol. The van der Waals surface area contributed by atoms with Gasteiger partial charge in [-0.05, 0) is 12.8 Å². The number of nitrogens with two attached hydrogens (primary N) is 1. The van der Waals surface area contributed by atoms with E-state index in [0.29, 0.717) is 6.42 Å². The molecule has 1 saturated carbocycles. The summed E-state index contributed by atoms with van der Waals surface area (Å²) >= 11 is 0. The molecule has 0 aliphatic heterocycles. The smallest absolute Gasteiger partial charge is 0.308 e. The fourth-order valence-corrected chi connectivity index (χ4v) is 2.21. The van der Waals surface area contributed by atoms with Crippen LogP contribution in [0.25, 0.3) is 0 Å². The van der Waals surface area contributed by atoms with Crippen molar-refractivity contribution in [2.45, 2.75) is 45.1 Å². The molecule has 1 amide bonds. The van der Waals surface area contributed by atoms with Crippen LogP contribution in [0.4, 0.5) is 0 Å². The van der Waals surface area contributed by atoms with Crippen LogP contribution in [0, 0.1) is 11.8 Å². The van der Waals surface area contributed by atoms with Gasteiger partial charge in [0, 0.05) is 18.5 Å². The van der Waals surface area contributed by atoms with Gasteiger partial charge in [-0.3, -0.25) is 9.59 Å². The van der Waals surface area contributed by atoms with Crippen LogP contribution < -0.4 is 11.1 Å². The lowest BCUT2D eigenvalue weighted by Crippen LogP contribution is -2.45. The van der Waals surface area contributed by atoms with E-state index in [9.17, 15) is 9.59 Å². The monoisotopic (exact) mass is 242 g/mol. The van der Waals surface area contributed by atoms with Gasteiger partial charge in [-0.15, -0.1) is 0 Å². The van der Waals surface area contributed by atoms with Crippen molar-refractivity contribution < 1.29 is 14.7 Å². The molecule has 3 atom stereocenters. The number of carbonyl (C=O) groups excluding carboxylic acids is 1. The molecule has 0 radical (unpaired) electrons. The van der Waals surface area contributed by atoms with Gasteiger partial charge in [-0.1, -0.05) is 26.2 Å². The van der Waals surface area contributed by atoms with E-state index in [0.717, 1.165) is 25.7 Å². The van der Waals surface area contributed by atoms with Crippen LogP contribution in [0.2, 0.25) is 0 Å². The number of rotatable bonds is 4. The van der Waals surface area contributed by atoms with E-state index < -0.39 is 11.9 Å². The van der Waals surface area contributed by atoms with E-state index in [2.05, 4.69) is 5.32 Å². The molecule has 3 unspecified atom stereocenters. The summed E-state index contributed by atoms with van der Waals surface area (Å²) in [4.78, 5) is 22.9. The van der Waals surface area contributed by atoms with Crippen molar-refractivity contribution in [2.75, 3.05) is 6.54 Å². The third-order valence-corrected chi connectivity index (χ3v) is 3.46. The van der Waals surface area contributed by atoms with E-state index in [1.807, 2.05) is 0 Å². The number of carboxylic acids is 1. The van der Waals surface area contributed by atoms with Crippen molar-refractivity contribution in [1.82, 2.24) is 5.32 Å². The van der Waals surface area contributed by atoms with Crippen molar-refractivity contribution in [1.29, 1.82) is 0 Å². The van der Waals surface area contributed by atoms with Crippen LogP contribution in [-0.4, -0.2) is 29.6 Å². The number of hydrogen-bond donors (Lipinski definition) is 3. The molecule has 0 aromatic carbocycles.